The minimum Gasteiger partial charge on any atom is -0.490 e. The van der Waals surface area contributed by atoms with E-state index in [1.54, 1.807) is 6.07 Å². The van der Waals surface area contributed by atoms with Gasteiger partial charge in [-0.25, -0.2) is 13.1 Å². The first-order chi connectivity index (χ1) is 11.4. The van der Waals surface area contributed by atoms with Crippen molar-refractivity contribution in [2.24, 2.45) is 5.92 Å². The standard InChI is InChI=1S/C17H29NO5S/c1-5-22-16-9-8-15(12-17(16)23-6-2)24(19,20)18-10-7-11-21-13-14(3)4/h8-9,12,14,18H,5-7,10-11,13H2,1-4H3. The Labute approximate surface area is 145 Å². The lowest BCUT2D eigenvalue weighted by atomic mass is 10.2. The minimum absolute atomic E-state index is 0.164. The third-order valence-corrected chi connectivity index (χ3v) is 4.49. The molecule has 0 spiro atoms. The summed E-state index contributed by atoms with van der Waals surface area (Å²) in [6, 6.07) is 4.63. The van der Waals surface area contributed by atoms with E-state index in [0.29, 0.717) is 56.8 Å². The second-order valence-corrected chi connectivity index (χ2v) is 7.46. The molecule has 1 N–H and O–H groups in total. The van der Waals surface area contributed by atoms with E-state index >= 15 is 0 Å². The number of sulfonamides is 1. The molecule has 6 nitrogen and oxygen atoms in total. The number of hydrogen-bond donors (Lipinski definition) is 1. The van der Waals surface area contributed by atoms with Gasteiger partial charge < -0.3 is 14.2 Å². The van der Waals surface area contributed by atoms with Gasteiger partial charge in [0, 0.05) is 25.8 Å². The highest BCUT2D eigenvalue weighted by atomic mass is 32.2. The number of rotatable bonds is 12. The zero-order valence-electron chi connectivity index (χ0n) is 15.0. The van der Waals surface area contributed by atoms with Gasteiger partial charge in [0.2, 0.25) is 10.0 Å². The van der Waals surface area contributed by atoms with Gasteiger partial charge in [0.15, 0.2) is 11.5 Å². The van der Waals surface area contributed by atoms with Crippen LogP contribution in [0.1, 0.15) is 34.1 Å². The van der Waals surface area contributed by atoms with Crippen molar-refractivity contribution in [2.45, 2.75) is 39.0 Å². The van der Waals surface area contributed by atoms with E-state index < -0.39 is 10.0 Å². The van der Waals surface area contributed by atoms with E-state index in [9.17, 15) is 8.42 Å². The smallest absolute Gasteiger partial charge is 0.240 e. The molecule has 0 bridgehead atoms. The zero-order chi connectivity index (χ0) is 18.0. The third-order valence-electron chi connectivity index (χ3n) is 3.03. The van der Waals surface area contributed by atoms with Crippen molar-refractivity contribution in [1.82, 2.24) is 4.72 Å². The van der Waals surface area contributed by atoms with Gasteiger partial charge in [-0.3, -0.25) is 0 Å². The van der Waals surface area contributed by atoms with Crippen LogP contribution in [0.25, 0.3) is 0 Å². The van der Waals surface area contributed by atoms with Crippen molar-refractivity contribution in [2.75, 3.05) is 33.0 Å². The second kappa shape index (κ2) is 10.5. The molecule has 0 aromatic heterocycles. The average molecular weight is 359 g/mol. The molecule has 1 rings (SSSR count). The monoisotopic (exact) mass is 359 g/mol. The van der Waals surface area contributed by atoms with E-state index in [2.05, 4.69) is 18.6 Å². The molecule has 0 aliphatic carbocycles. The van der Waals surface area contributed by atoms with Gasteiger partial charge in [0.25, 0.3) is 0 Å². The van der Waals surface area contributed by atoms with Gasteiger partial charge in [-0.2, -0.15) is 0 Å². The van der Waals surface area contributed by atoms with E-state index in [4.69, 9.17) is 14.2 Å². The van der Waals surface area contributed by atoms with Crippen LogP contribution in [0.2, 0.25) is 0 Å². The number of benzene rings is 1. The zero-order valence-corrected chi connectivity index (χ0v) is 15.8. The molecular weight excluding hydrogens is 330 g/mol. The maximum absolute atomic E-state index is 12.4. The number of hydrogen-bond acceptors (Lipinski definition) is 5. The fourth-order valence-electron chi connectivity index (χ4n) is 1.98. The Morgan fingerprint density at radius 1 is 1.08 bits per heavy atom. The predicted octanol–water partition coefficient (Wildman–Crippen LogP) is 2.83. The van der Waals surface area contributed by atoms with Crippen molar-refractivity contribution in [1.29, 1.82) is 0 Å². The lowest BCUT2D eigenvalue weighted by molar-refractivity contribution is 0.108. The molecule has 1 aromatic carbocycles. The molecule has 0 heterocycles. The highest BCUT2D eigenvalue weighted by Gasteiger charge is 2.16. The molecule has 0 unspecified atom stereocenters. The highest BCUT2D eigenvalue weighted by molar-refractivity contribution is 7.89. The highest BCUT2D eigenvalue weighted by Crippen LogP contribution is 2.30. The summed E-state index contributed by atoms with van der Waals surface area (Å²) in [7, 11) is -3.58. The van der Waals surface area contributed by atoms with Crippen LogP contribution < -0.4 is 14.2 Å². The van der Waals surface area contributed by atoms with Crippen molar-refractivity contribution in [3.63, 3.8) is 0 Å². The van der Waals surface area contributed by atoms with Gasteiger partial charge in [0.05, 0.1) is 18.1 Å². The van der Waals surface area contributed by atoms with Gasteiger partial charge >= 0.3 is 0 Å². The Morgan fingerprint density at radius 2 is 1.75 bits per heavy atom. The SMILES string of the molecule is CCOc1ccc(S(=O)(=O)NCCCOCC(C)C)cc1OCC. The number of ether oxygens (including phenoxy) is 3. The molecule has 0 saturated heterocycles. The molecule has 0 radical (unpaired) electrons. The van der Waals surface area contributed by atoms with Crippen LogP contribution >= 0.6 is 0 Å². The van der Waals surface area contributed by atoms with Gasteiger partial charge in [-0.1, -0.05) is 13.8 Å². The summed E-state index contributed by atoms with van der Waals surface area (Å²) in [5.41, 5.74) is 0. The first kappa shape index (κ1) is 20.7. The summed E-state index contributed by atoms with van der Waals surface area (Å²) in [6.07, 6.45) is 0.626. The summed E-state index contributed by atoms with van der Waals surface area (Å²) in [4.78, 5) is 0.164. The van der Waals surface area contributed by atoms with Gasteiger partial charge in [-0.05, 0) is 38.3 Å². The topological polar surface area (TPSA) is 73.9 Å². The lowest BCUT2D eigenvalue weighted by Crippen LogP contribution is -2.25. The van der Waals surface area contributed by atoms with E-state index in [1.807, 2.05) is 13.8 Å². The Balaban J connectivity index is 2.64. The quantitative estimate of drug-likeness (QED) is 0.581. The molecule has 24 heavy (non-hydrogen) atoms. The molecular formula is C17H29NO5S. The van der Waals surface area contributed by atoms with Crippen LogP contribution in [0.15, 0.2) is 23.1 Å². The molecule has 0 aliphatic rings. The van der Waals surface area contributed by atoms with E-state index in [0.717, 1.165) is 0 Å². The summed E-state index contributed by atoms with van der Waals surface area (Å²) in [5.74, 6) is 1.45. The minimum atomic E-state index is -3.58. The fourth-order valence-corrected chi connectivity index (χ4v) is 3.07. The van der Waals surface area contributed by atoms with Crippen LogP contribution in [-0.2, 0) is 14.8 Å². The van der Waals surface area contributed by atoms with Gasteiger partial charge in [0.1, 0.15) is 0 Å². The van der Waals surface area contributed by atoms with Crippen molar-refractivity contribution in [3.8, 4) is 11.5 Å². The number of nitrogens with one attached hydrogen (secondary N) is 1. The molecule has 0 aliphatic heterocycles. The lowest BCUT2D eigenvalue weighted by Gasteiger charge is -2.13. The average Bonchev–Trinajstić information content (AvgIpc) is 2.52. The Morgan fingerprint density at radius 3 is 2.38 bits per heavy atom. The van der Waals surface area contributed by atoms with Gasteiger partial charge in [-0.15, -0.1) is 0 Å². The maximum atomic E-state index is 12.4. The Hall–Kier alpha value is -1.31. The predicted molar refractivity (Wildman–Crippen MR) is 94.2 cm³/mol. The van der Waals surface area contributed by atoms with Crippen LogP contribution in [-0.4, -0.2) is 41.4 Å². The molecule has 7 heteroatoms. The molecule has 0 saturated carbocycles. The first-order valence-electron chi connectivity index (χ1n) is 8.37. The van der Waals surface area contributed by atoms with Crippen LogP contribution in [0.5, 0.6) is 11.5 Å². The summed E-state index contributed by atoms with van der Waals surface area (Å²) < 4.78 is 43.6. The largest absolute Gasteiger partial charge is 0.490 e. The third kappa shape index (κ3) is 7.07. The fraction of sp³-hybridized carbons (Fsp3) is 0.647. The van der Waals surface area contributed by atoms with Crippen LogP contribution in [0.4, 0.5) is 0 Å². The molecule has 0 fully saturated rings. The maximum Gasteiger partial charge on any atom is 0.240 e. The summed E-state index contributed by atoms with van der Waals surface area (Å²) >= 11 is 0. The Kier molecular flexibility index (Phi) is 9.10. The van der Waals surface area contributed by atoms with Crippen molar-refractivity contribution in [3.05, 3.63) is 18.2 Å². The normalized spacial score (nSPS) is 11.7. The molecule has 138 valence electrons. The first-order valence-corrected chi connectivity index (χ1v) is 9.86. The molecule has 1 aromatic rings. The summed E-state index contributed by atoms with van der Waals surface area (Å²) in [5, 5.41) is 0. The molecule has 0 amide bonds. The Bertz CT molecular complexity index is 587. The van der Waals surface area contributed by atoms with Crippen LogP contribution in [0, 0.1) is 5.92 Å². The van der Waals surface area contributed by atoms with Crippen molar-refractivity contribution < 1.29 is 22.6 Å². The summed E-state index contributed by atoms with van der Waals surface area (Å²) in [6.45, 7) is 10.3. The van der Waals surface area contributed by atoms with E-state index in [1.165, 1.54) is 12.1 Å². The second-order valence-electron chi connectivity index (χ2n) is 5.69. The van der Waals surface area contributed by atoms with Crippen LogP contribution in [0.3, 0.4) is 0 Å². The molecule has 0 atom stereocenters. The van der Waals surface area contributed by atoms with E-state index in [-0.39, 0.29) is 4.90 Å². The van der Waals surface area contributed by atoms with Crippen molar-refractivity contribution >= 4 is 10.0 Å².